The minimum Gasteiger partial charge on any atom is -0.494 e. The van der Waals surface area contributed by atoms with E-state index in [1.54, 1.807) is 29.9 Å². The highest BCUT2D eigenvalue weighted by Gasteiger charge is 2.23. The van der Waals surface area contributed by atoms with Gasteiger partial charge in [0.15, 0.2) is 11.6 Å². The van der Waals surface area contributed by atoms with Crippen LogP contribution in [0.2, 0.25) is 0 Å². The summed E-state index contributed by atoms with van der Waals surface area (Å²) >= 11 is 0. The van der Waals surface area contributed by atoms with E-state index >= 15 is 0 Å². The number of nitrogens with one attached hydrogen (secondary N) is 2. The maximum atomic E-state index is 13.6. The Kier molecular flexibility index (Phi) is 8.95. The molecule has 1 aliphatic rings. The summed E-state index contributed by atoms with van der Waals surface area (Å²) in [6.45, 7) is 2.44. The van der Waals surface area contributed by atoms with Crippen LogP contribution in [0.4, 0.5) is 4.39 Å². The lowest BCUT2D eigenvalue weighted by Gasteiger charge is -2.28. The predicted molar refractivity (Wildman–Crippen MR) is 135 cm³/mol. The number of methoxy groups -OCH3 is 1. The van der Waals surface area contributed by atoms with Crippen LogP contribution in [0.15, 0.2) is 30.3 Å². The van der Waals surface area contributed by atoms with Crippen LogP contribution < -0.4 is 15.4 Å². The van der Waals surface area contributed by atoms with E-state index in [1.807, 2.05) is 0 Å². The second kappa shape index (κ2) is 12.5. The summed E-state index contributed by atoms with van der Waals surface area (Å²) in [5.41, 5.74) is 2.17. The molecule has 4 rings (SSSR count). The van der Waals surface area contributed by atoms with Gasteiger partial charge in [-0.15, -0.1) is 10.2 Å². The number of halogens is 1. The standard InChI is InChI=1S/C26H32FN7O4/c1-16-11-19(13-22(29-16)26(37)28-14-18-5-8-21(27)23(12-18)38-2)25-31-33-34(32-25)15-17-3-6-20(7-4-17)30-24(36)9-10-35/h5,8,11-13,17,20,35H,3-4,6-7,9-10,14-15H2,1-2H3,(H,28,37)(H,30,36). The third-order valence-electron chi connectivity index (χ3n) is 6.54. The molecule has 1 saturated carbocycles. The maximum Gasteiger partial charge on any atom is 0.270 e. The molecule has 0 saturated heterocycles. The van der Waals surface area contributed by atoms with Crippen molar-refractivity contribution in [3.8, 4) is 17.1 Å². The first-order valence-electron chi connectivity index (χ1n) is 12.6. The van der Waals surface area contributed by atoms with Crippen molar-refractivity contribution >= 4 is 11.8 Å². The zero-order valence-corrected chi connectivity index (χ0v) is 21.5. The number of nitrogens with zero attached hydrogens (tertiary/aromatic N) is 5. The summed E-state index contributed by atoms with van der Waals surface area (Å²) in [6, 6.07) is 7.96. The van der Waals surface area contributed by atoms with E-state index < -0.39 is 5.82 Å². The topological polar surface area (TPSA) is 144 Å². The molecule has 0 radical (unpaired) electrons. The summed E-state index contributed by atoms with van der Waals surface area (Å²) in [5, 5.41) is 27.5. The summed E-state index contributed by atoms with van der Waals surface area (Å²) < 4.78 is 18.6. The molecule has 0 aliphatic heterocycles. The molecule has 3 aromatic rings. The number of aromatic nitrogens is 5. The van der Waals surface area contributed by atoms with E-state index in [1.165, 1.54) is 19.2 Å². The first-order valence-corrected chi connectivity index (χ1v) is 12.6. The fourth-order valence-corrected chi connectivity index (χ4v) is 4.56. The van der Waals surface area contributed by atoms with Gasteiger partial charge in [-0.2, -0.15) is 4.80 Å². The van der Waals surface area contributed by atoms with Crippen molar-refractivity contribution in [3.05, 3.63) is 53.1 Å². The van der Waals surface area contributed by atoms with E-state index in [2.05, 4.69) is 31.0 Å². The number of amides is 2. The Labute approximate surface area is 219 Å². The number of tetrazole rings is 1. The lowest BCUT2D eigenvalue weighted by molar-refractivity contribution is -0.122. The Morgan fingerprint density at radius 2 is 1.97 bits per heavy atom. The Bertz CT molecular complexity index is 1270. The second-order valence-corrected chi connectivity index (χ2v) is 9.46. The Morgan fingerprint density at radius 3 is 2.71 bits per heavy atom. The number of ether oxygens (including phenoxy) is 1. The molecule has 0 atom stereocenters. The van der Waals surface area contributed by atoms with Crippen molar-refractivity contribution < 1.29 is 23.8 Å². The average molecular weight is 526 g/mol. The number of aryl methyl sites for hydroxylation is 1. The minimum atomic E-state index is -0.469. The van der Waals surface area contributed by atoms with Crippen LogP contribution in [0.3, 0.4) is 0 Å². The second-order valence-electron chi connectivity index (χ2n) is 9.46. The average Bonchev–Trinajstić information content (AvgIpc) is 3.37. The lowest BCUT2D eigenvalue weighted by atomic mass is 9.86. The van der Waals surface area contributed by atoms with Gasteiger partial charge >= 0.3 is 0 Å². The van der Waals surface area contributed by atoms with Crippen molar-refractivity contribution in [1.82, 2.24) is 35.8 Å². The zero-order chi connectivity index (χ0) is 27.1. The van der Waals surface area contributed by atoms with Crippen molar-refractivity contribution in [3.63, 3.8) is 0 Å². The number of benzene rings is 1. The fourth-order valence-electron chi connectivity index (χ4n) is 4.56. The van der Waals surface area contributed by atoms with Gasteiger partial charge in [0.2, 0.25) is 11.7 Å². The summed E-state index contributed by atoms with van der Waals surface area (Å²) in [7, 11) is 1.39. The van der Waals surface area contributed by atoms with Gasteiger partial charge in [-0.3, -0.25) is 9.59 Å². The maximum absolute atomic E-state index is 13.6. The monoisotopic (exact) mass is 525 g/mol. The third kappa shape index (κ3) is 7.09. The van der Waals surface area contributed by atoms with Gasteiger partial charge in [0.1, 0.15) is 5.69 Å². The molecule has 2 heterocycles. The van der Waals surface area contributed by atoms with Crippen LogP contribution in [-0.4, -0.2) is 61.9 Å². The normalized spacial score (nSPS) is 17.2. The molecule has 3 N–H and O–H groups in total. The molecule has 2 aromatic heterocycles. The largest absolute Gasteiger partial charge is 0.494 e. The van der Waals surface area contributed by atoms with E-state index in [-0.39, 0.29) is 48.9 Å². The molecule has 12 heteroatoms. The van der Waals surface area contributed by atoms with Gasteiger partial charge < -0.3 is 20.5 Å². The Morgan fingerprint density at radius 1 is 1.18 bits per heavy atom. The SMILES string of the molecule is COc1cc(CNC(=O)c2cc(-c3nnn(CC4CCC(NC(=O)CCO)CC4)n3)cc(C)n2)ccc1F. The van der Waals surface area contributed by atoms with Crippen LogP contribution in [0.5, 0.6) is 5.75 Å². The Hall–Kier alpha value is -3.93. The lowest BCUT2D eigenvalue weighted by Crippen LogP contribution is -2.38. The molecule has 0 spiro atoms. The molecule has 11 nitrogen and oxygen atoms in total. The number of aliphatic hydroxyl groups is 1. The first-order chi connectivity index (χ1) is 18.3. The van der Waals surface area contributed by atoms with Gasteiger partial charge in [-0.1, -0.05) is 6.07 Å². The number of carbonyl (C=O) groups is 2. The van der Waals surface area contributed by atoms with Crippen molar-refractivity contribution in [1.29, 1.82) is 0 Å². The van der Waals surface area contributed by atoms with Gasteiger partial charge in [0.05, 0.1) is 20.3 Å². The number of carbonyl (C=O) groups excluding carboxylic acids is 2. The van der Waals surface area contributed by atoms with E-state index in [0.717, 1.165) is 25.7 Å². The summed E-state index contributed by atoms with van der Waals surface area (Å²) in [4.78, 5) is 30.4. The van der Waals surface area contributed by atoms with E-state index in [0.29, 0.717) is 35.1 Å². The molecular weight excluding hydrogens is 493 g/mol. The van der Waals surface area contributed by atoms with Crippen LogP contribution >= 0.6 is 0 Å². The minimum absolute atomic E-state index is 0.111. The molecule has 1 aliphatic carbocycles. The summed E-state index contributed by atoms with van der Waals surface area (Å²) in [6.07, 6.45) is 3.73. The number of hydrogen-bond donors (Lipinski definition) is 3. The number of aliphatic hydroxyl groups excluding tert-OH is 1. The van der Waals surface area contributed by atoms with Gasteiger partial charge in [0.25, 0.3) is 5.91 Å². The van der Waals surface area contributed by atoms with Gasteiger partial charge in [0, 0.05) is 30.3 Å². The molecule has 2 amide bonds. The van der Waals surface area contributed by atoms with Crippen molar-refractivity contribution in [2.24, 2.45) is 5.92 Å². The molecule has 0 bridgehead atoms. The summed E-state index contributed by atoms with van der Waals surface area (Å²) in [5.74, 6) is -0.0851. The van der Waals surface area contributed by atoms with Crippen LogP contribution in [0.1, 0.15) is 53.8 Å². The van der Waals surface area contributed by atoms with Crippen LogP contribution in [-0.2, 0) is 17.9 Å². The number of rotatable bonds is 10. The molecule has 38 heavy (non-hydrogen) atoms. The van der Waals surface area contributed by atoms with E-state index in [9.17, 15) is 14.0 Å². The van der Waals surface area contributed by atoms with Crippen molar-refractivity contribution in [2.75, 3.05) is 13.7 Å². The highest BCUT2D eigenvalue weighted by atomic mass is 19.1. The predicted octanol–water partition coefficient (Wildman–Crippen LogP) is 2.18. The smallest absolute Gasteiger partial charge is 0.270 e. The molecule has 202 valence electrons. The van der Waals surface area contributed by atoms with Crippen molar-refractivity contribution in [2.45, 2.75) is 58.2 Å². The molecular formula is C26H32FN7O4. The van der Waals surface area contributed by atoms with Gasteiger partial charge in [-0.25, -0.2) is 9.37 Å². The molecule has 0 unspecified atom stereocenters. The third-order valence-corrected chi connectivity index (χ3v) is 6.54. The molecule has 1 fully saturated rings. The van der Waals surface area contributed by atoms with E-state index in [4.69, 9.17) is 9.84 Å². The fraction of sp³-hybridized carbons (Fsp3) is 0.462. The molecule has 1 aromatic carbocycles. The highest BCUT2D eigenvalue weighted by molar-refractivity contribution is 5.93. The zero-order valence-electron chi connectivity index (χ0n) is 21.5. The van der Waals surface area contributed by atoms with Crippen LogP contribution in [0.25, 0.3) is 11.4 Å². The van der Waals surface area contributed by atoms with Crippen LogP contribution in [0, 0.1) is 18.7 Å². The first kappa shape index (κ1) is 27.1. The highest BCUT2D eigenvalue weighted by Crippen LogP contribution is 2.26. The number of hydrogen-bond acceptors (Lipinski definition) is 8. The quantitative estimate of drug-likeness (QED) is 0.365. The van der Waals surface area contributed by atoms with Gasteiger partial charge in [-0.05, 0) is 73.6 Å². The number of pyridine rings is 1. The Balaban J connectivity index is 1.35.